The van der Waals surface area contributed by atoms with Crippen LogP contribution in [0.25, 0.3) is 0 Å². The van der Waals surface area contributed by atoms with Crippen LogP contribution in [0.2, 0.25) is 0 Å². The third-order valence-corrected chi connectivity index (χ3v) is 4.48. The summed E-state index contributed by atoms with van der Waals surface area (Å²) >= 11 is 0. The van der Waals surface area contributed by atoms with Crippen molar-refractivity contribution in [2.45, 2.75) is 39.7 Å². The molecule has 1 N–H and O–H groups in total. The Kier molecular flexibility index (Phi) is 5.16. The van der Waals surface area contributed by atoms with E-state index in [1.807, 2.05) is 38.1 Å². The lowest BCUT2D eigenvalue weighted by Gasteiger charge is -2.29. The van der Waals surface area contributed by atoms with Crippen molar-refractivity contribution in [1.82, 2.24) is 9.55 Å². The fraction of sp³-hybridized carbons (Fsp3) is 0.421. The molecule has 0 atom stereocenters. The lowest BCUT2D eigenvalue weighted by molar-refractivity contribution is -0.116. The molecule has 0 spiro atoms. The van der Waals surface area contributed by atoms with E-state index < -0.39 is 0 Å². The molecule has 2 heterocycles. The molecule has 6 heteroatoms. The molecule has 0 aliphatic carbocycles. The van der Waals surface area contributed by atoms with E-state index in [-0.39, 0.29) is 18.0 Å². The second-order valence-electron chi connectivity index (χ2n) is 6.53. The summed E-state index contributed by atoms with van der Waals surface area (Å²) in [6.45, 7) is 5.46. The van der Waals surface area contributed by atoms with Gasteiger partial charge in [-0.1, -0.05) is 18.2 Å². The molecule has 0 bridgehead atoms. The van der Waals surface area contributed by atoms with Gasteiger partial charge in [-0.15, -0.1) is 0 Å². The molecule has 1 fully saturated rings. The number of anilines is 2. The second kappa shape index (κ2) is 7.51. The quantitative estimate of drug-likeness (QED) is 0.928. The number of rotatable bonds is 4. The van der Waals surface area contributed by atoms with E-state index in [2.05, 4.69) is 15.2 Å². The number of piperidine rings is 1. The van der Waals surface area contributed by atoms with Gasteiger partial charge in [-0.05, 0) is 44.7 Å². The Balaban J connectivity index is 1.85. The summed E-state index contributed by atoms with van der Waals surface area (Å²) in [5.41, 5.74) is 2.25. The highest BCUT2D eigenvalue weighted by atomic mass is 16.2. The molecular weight excluding hydrogens is 316 g/mol. The highest BCUT2D eigenvalue weighted by Crippen LogP contribution is 2.18. The molecule has 1 aromatic carbocycles. The van der Waals surface area contributed by atoms with Crippen LogP contribution < -0.4 is 15.8 Å². The maximum Gasteiger partial charge on any atom is 0.255 e. The SMILES string of the molecule is Cc1cc(=O)n(CC(=O)Nc2ccccc2C)c(N2CCCCC2)n1. The summed E-state index contributed by atoms with van der Waals surface area (Å²) in [5, 5.41) is 2.89. The van der Waals surface area contributed by atoms with Crippen LogP contribution in [0.3, 0.4) is 0 Å². The van der Waals surface area contributed by atoms with Crippen LogP contribution in [0.5, 0.6) is 0 Å². The number of aromatic nitrogens is 2. The number of nitrogens with one attached hydrogen (secondary N) is 1. The third-order valence-electron chi connectivity index (χ3n) is 4.48. The van der Waals surface area contributed by atoms with Crippen molar-refractivity contribution < 1.29 is 4.79 Å². The van der Waals surface area contributed by atoms with Gasteiger partial charge in [0, 0.05) is 30.5 Å². The van der Waals surface area contributed by atoms with Gasteiger partial charge in [-0.3, -0.25) is 14.2 Å². The van der Waals surface area contributed by atoms with Crippen molar-refractivity contribution in [3.8, 4) is 0 Å². The molecule has 3 rings (SSSR count). The molecule has 132 valence electrons. The van der Waals surface area contributed by atoms with Gasteiger partial charge >= 0.3 is 0 Å². The van der Waals surface area contributed by atoms with E-state index in [9.17, 15) is 9.59 Å². The zero-order valence-electron chi connectivity index (χ0n) is 14.8. The zero-order chi connectivity index (χ0) is 17.8. The molecule has 0 radical (unpaired) electrons. The molecule has 0 unspecified atom stereocenters. The molecule has 1 saturated heterocycles. The van der Waals surface area contributed by atoms with Gasteiger partial charge in [-0.2, -0.15) is 0 Å². The first-order chi connectivity index (χ1) is 12.0. The number of aryl methyl sites for hydroxylation is 2. The Hall–Kier alpha value is -2.63. The summed E-state index contributed by atoms with van der Waals surface area (Å²) in [5.74, 6) is 0.380. The van der Waals surface area contributed by atoms with Crippen LogP contribution in [0.1, 0.15) is 30.5 Å². The maximum atomic E-state index is 12.5. The number of nitrogens with zero attached hydrogens (tertiary/aromatic N) is 3. The molecule has 1 aliphatic heterocycles. The highest BCUT2D eigenvalue weighted by molar-refractivity contribution is 5.91. The molecule has 1 aromatic heterocycles. The first kappa shape index (κ1) is 17.2. The number of hydrogen-bond acceptors (Lipinski definition) is 4. The van der Waals surface area contributed by atoms with Crippen molar-refractivity contribution in [2.75, 3.05) is 23.3 Å². The van der Waals surface area contributed by atoms with Gasteiger partial charge in [0.2, 0.25) is 11.9 Å². The van der Waals surface area contributed by atoms with Gasteiger partial charge in [0.15, 0.2) is 0 Å². The number of hydrogen-bond donors (Lipinski definition) is 1. The molecule has 25 heavy (non-hydrogen) atoms. The van der Waals surface area contributed by atoms with Crippen molar-refractivity contribution in [3.05, 3.63) is 51.9 Å². The zero-order valence-corrected chi connectivity index (χ0v) is 14.8. The fourth-order valence-electron chi connectivity index (χ4n) is 3.14. The number of carbonyl (C=O) groups is 1. The Bertz CT molecular complexity index is 822. The minimum absolute atomic E-state index is 0.0354. The van der Waals surface area contributed by atoms with Crippen LogP contribution >= 0.6 is 0 Å². The van der Waals surface area contributed by atoms with Gasteiger partial charge in [-0.25, -0.2) is 4.98 Å². The topological polar surface area (TPSA) is 67.2 Å². The minimum atomic E-state index is -0.222. The monoisotopic (exact) mass is 340 g/mol. The van der Waals surface area contributed by atoms with Crippen LogP contribution in [-0.2, 0) is 11.3 Å². The van der Waals surface area contributed by atoms with Crippen LogP contribution in [0, 0.1) is 13.8 Å². The predicted octanol–water partition coefficient (Wildman–Crippen LogP) is 2.49. The summed E-state index contributed by atoms with van der Waals surface area (Å²) in [7, 11) is 0. The standard InChI is InChI=1S/C19H24N4O2/c1-14-8-4-5-9-16(14)21-17(24)13-23-18(25)12-15(2)20-19(23)22-10-6-3-7-11-22/h4-5,8-9,12H,3,6-7,10-11,13H2,1-2H3,(H,21,24). The average molecular weight is 340 g/mol. The smallest absolute Gasteiger partial charge is 0.255 e. The van der Waals surface area contributed by atoms with E-state index in [0.29, 0.717) is 11.6 Å². The van der Waals surface area contributed by atoms with Crippen molar-refractivity contribution >= 4 is 17.5 Å². The van der Waals surface area contributed by atoms with E-state index in [1.165, 1.54) is 17.1 Å². The largest absolute Gasteiger partial charge is 0.342 e. The predicted molar refractivity (Wildman–Crippen MR) is 99.1 cm³/mol. The highest BCUT2D eigenvalue weighted by Gasteiger charge is 2.19. The van der Waals surface area contributed by atoms with Crippen molar-refractivity contribution in [2.24, 2.45) is 0 Å². The molecule has 1 amide bonds. The first-order valence-corrected chi connectivity index (χ1v) is 8.73. The number of benzene rings is 1. The molecule has 6 nitrogen and oxygen atoms in total. The van der Waals surface area contributed by atoms with Crippen LogP contribution in [-0.4, -0.2) is 28.5 Å². The van der Waals surface area contributed by atoms with E-state index in [0.717, 1.165) is 37.2 Å². The van der Waals surface area contributed by atoms with Crippen LogP contribution in [0.15, 0.2) is 35.1 Å². The lowest BCUT2D eigenvalue weighted by atomic mass is 10.1. The molecule has 1 aliphatic rings. The summed E-state index contributed by atoms with van der Waals surface area (Å²) < 4.78 is 1.48. The van der Waals surface area contributed by atoms with Crippen molar-refractivity contribution in [3.63, 3.8) is 0 Å². The normalized spacial score (nSPS) is 14.4. The summed E-state index contributed by atoms with van der Waals surface area (Å²) in [4.78, 5) is 31.6. The number of amides is 1. The Morgan fingerprint density at radius 2 is 1.88 bits per heavy atom. The Labute approximate surface area is 147 Å². The lowest BCUT2D eigenvalue weighted by Crippen LogP contribution is -2.38. The molecule has 0 saturated carbocycles. The van der Waals surface area contributed by atoms with E-state index in [4.69, 9.17) is 0 Å². The third kappa shape index (κ3) is 4.07. The Morgan fingerprint density at radius 3 is 2.60 bits per heavy atom. The van der Waals surface area contributed by atoms with Crippen LogP contribution in [0.4, 0.5) is 11.6 Å². The number of para-hydroxylation sites is 1. The van der Waals surface area contributed by atoms with Gasteiger partial charge in [0.25, 0.3) is 5.56 Å². The molecule has 2 aromatic rings. The maximum absolute atomic E-state index is 12.5. The average Bonchev–Trinajstić information content (AvgIpc) is 2.60. The number of carbonyl (C=O) groups excluding carboxylic acids is 1. The van der Waals surface area contributed by atoms with E-state index in [1.54, 1.807) is 0 Å². The van der Waals surface area contributed by atoms with Gasteiger partial charge in [0.1, 0.15) is 6.54 Å². The summed E-state index contributed by atoms with van der Waals surface area (Å²) in [6.07, 6.45) is 3.36. The van der Waals surface area contributed by atoms with Crippen molar-refractivity contribution in [1.29, 1.82) is 0 Å². The fourth-order valence-corrected chi connectivity index (χ4v) is 3.14. The molecular formula is C19H24N4O2. The van der Waals surface area contributed by atoms with Gasteiger partial charge < -0.3 is 10.2 Å². The first-order valence-electron chi connectivity index (χ1n) is 8.73. The van der Waals surface area contributed by atoms with E-state index >= 15 is 0 Å². The minimum Gasteiger partial charge on any atom is -0.342 e. The van der Waals surface area contributed by atoms with Gasteiger partial charge in [0.05, 0.1) is 0 Å². The Morgan fingerprint density at radius 1 is 1.16 bits per heavy atom. The second-order valence-corrected chi connectivity index (χ2v) is 6.53. The summed E-state index contributed by atoms with van der Waals surface area (Å²) in [6, 6.07) is 9.08.